The lowest BCUT2D eigenvalue weighted by Gasteiger charge is -1.87. The van der Waals surface area contributed by atoms with E-state index in [1.54, 1.807) is 4.80 Å². The monoisotopic (exact) mass is 141 g/mol. The van der Waals surface area contributed by atoms with Crippen molar-refractivity contribution in [3.63, 3.8) is 0 Å². The van der Waals surface area contributed by atoms with Gasteiger partial charge in [-0.2, -0.15) is 15.0 Å². The van der Waals surface area contributed by atoms with E-state index in [2.05, 4.69) is 10.2 Å². The van der Waals surface area contributed by atoms with Crippen LogP contribution in [0.2, 0.25) is 0 Å². The molecule has 4 nitrogen and oxygen atoms in total. The van der Waals surface area contributed by atoms with E-state index < -0.39 is 0 Å². The fraction of sp³-hybridized carbons (Fsp3) is 0.667. The van der Waals surface area contributed by atoms with Crippen molar-refractivity contribution in [2.24, 2.45) is 0 Å². The van der Waals surface area contributed by atoms with Gasteiger partial charge in [0.15, 0.2) is 0 Å². The number of hydrogen-bond donors (Lipinski definition) is 1. The van der Waals surface area contributed by atoms with Gasteiger partial charge in [0, 0.05) is 0 Å². The molecule has 0 aliphatic carbocycles. The lowest BCUT2D eigenvalue weighted by Crippen LogP contribution is -1.98. The highest BCUT2D eigenvalue weighted by molar-refractivity contribution is 5.03. The van der Waals surface area contributed by atoms with Crippen molar-refractivity contribution in [1.29, 1.82) is 0 Å². The van der Waals surface area contributed by atoms with Crippen LogP contribution in [0.15, 0.2) is 0 Å². The van der Waals surface area contributed by atoms with Crippen molar-refractivity contribution in [1.82, 2.24) is 15.0 Å². The molecule has 0 bridgehead atoms. The highest BCUT2D eigenvalue weighted by Crippen LogP contribution is 1.99. The quantitative estimate of drug-likeness (QED) is 0.635. The van der Waals surface area contributed by atoms with E-state index >= 15 is 0 Å². The summed E-state index contributed by atoms with van der Waals surface area (Å²) in [7, 11) is 0. The number of aliphatic hydroxyl groups excluding tert-OH is 1. The fourth-order valence-corrected chi connectivity index (χ4v) is 0.752. The van der Waals surface area contributed by atoms with Gasteiger partial charge in [-0.1, -0.05) is 0 Å². The van der Waals surface area contributed by atoms with Gasteiger partial charge < -0.3 is 5.11 Å². The van der Waals surface area contributed by atoms with Crippen LogP contribution in [0, 0.1) is 6.92 Å². The molecule has 0 saturated carbocycles. The molecule has 0 unspecified atom stereocenters. The van der Waals surface area contributed by atoms with Crippen LogP contribution in [-0.4, -0.2) is 20.1 Å². The Hall–Kier alpha value is -0.900. The summed E-state index contributed by atoms with van der Waals surface area (Å²) in [5, 5.41) is 16.8. The van der Waals surface area contributed by atoms with Gasteiger partial charge in [-0.05, 0) is 13.8 Å². The molecule has 10 heavy (non-hydrogen) atoms. The van der Waals surface area contributed by atoms with Crippen LogP contribution in [0.4, 0.5) is 0 Å². The zero-order valence-corrected chi connectivity index (χ0v) is 6.20. The van der Waals surface area contributed by atoms with E-state index in [0.717, 1.165) is 12.2 Å². The van der Waals surface area contributed by atoms with Gasteiger partial charge >= 0.3 is 0 Å². The molecule has 0 spiro atoms. The van der Waals surface area contributed by atoms with Crippen LogP contribution in [0.25, 0.3) is 0 Å². The molecule has 0 fully saturated rings. The minimum atomic E-state index is -0.0220. The molecule has 0 aliphatic heterocycles. The molecule has 56 valence electrons. The maximum Gasteiger partial charge on any atom is 0.111 e. The Labute approximate surface area is 59.5 Å². The summed E-state index contributed by atoms with van der Waals surface area (Å²) in [6.07, 6.45) is 0. The van der Waals surface area contributed by atoms with E-state index in [4.69, 9.17) is 5.11 Å². The van der Waals surface area contributed by atoms with Gasteiger partial charge in [-0.3, -0.25) is 0 Å². The first-order valence-electron chi connectivity index (χ1n) is 3.29. The molecule has 0 aromatic carbocycles. The van der Waals surface area contributed by atoms with Crippen molar-refractivity contribution >= 4 is 0 Å². The van der Waals surface area contributed by atoms with Crippen LogP contribution in [0.1, 0.15) is 18.3 Å². The largest absolute Gasteiger partial charge is 0.390 e. The molecular formula is C6H11N3O. The van der Waals surface area contributed by atoms with Crippen molar-refractivity contribution in [3.8, 4) is 0 Å². The predicted molar refractivity (Wildman–Crippen MR) is 36.4 cm³/mol. The van der Waals surface area contributed by atoms with E-state index in [9.17, 15) is 0 Å². The molecule has 0 radical (unpaired) electrons. The van der Waals surface area contributed by atoms with Crippen molar-refractivity contribution < 1.29 is 5.11 Å². The number of aromatic nitrogens is 3. The first-order valence-corrected chi connectivity index (χ1v) is 3.29. The first-order chi connectivity index (χ1) is 4.77. The Morgan fingerprint density at radius 3 is 2.50 bits per heavy atom. The molecule has 1 heterocycles. The van der Waals surface area contributed by atoms with Gasteiger partial charge in [0.25, 0.3) is 0 Å². The lowest BCUT2D eigenvalue weighted by molar-refractivity contribution is 0.274. The summed E-state index contributed by atoms with van der Waals surface area (Å²) in [5.41, 5.74) is 1.48. The molecule has 1 aromatic heterocycles. The number of aryl methyl sites for hydroxylation is 2. The standard InChI is InChI=1S/C6H11N3O/c1-3-9-7-5(2)6(4-10)8-9/h10H,3-4H2,1-2H3. The smallest absolute Gasteiger partial charge is 0.111 e. The van der Waals surface area contributed by atoms with E-state index in [0.29, 0.717) is 5.69 Å². The topological polar surface area (TPSA) is 50.9 Å². The minimum absolute atomic E-state index is 0.0220. The van der Waals surface area contributed by atoms with Gasteiger partial charge in [-0.15, -0.1) is 0 Å². The van der Waals surface area contributed by atoms with Crippen LogP contribution in [0.5, 0.6) is 0 Å². The van der Waals surface area contributed by atoms with Gasteiger partial charge in [-0.25, -0.2) is 0 Å². The zero-order chi connectivity index (χ0) is 7.56. The lowest BCUT2D eigenvalue weighted by atomic mass is 10.4. The second-order valence-corrected chi connectivity index (χ2v) is 2.08. The molecular weight excluding hydrogens is 130 g/mol. The Balaban J connectivity index is 2.92. The molecule has 0 amide bonds. The maximum atomic E-state index is 8.71. The molecule has 0 aliphatic rings. The molecule has 1 rings (SSSR count). The second kappa shape index (κ2) is 2.79. The zero-order valence-electron chi connectivity index (χ0n) is 6.20. The fourth-order valence-electron chi connectivity index (χ4n) is 0.752. The third kappa shape index (κ3) is 1.16. The van der Waals surface area contributed by atoms with Gasteiger partial charge in [0.2, 0.25) is 0 Å². The summed E-state index contributed by atoms with van der Waals surface area (Å²) < 4.78 is 0. The summed E-state index contributed by atoms with van der Waals surface area (Å²) in [5.74, 6) is 0. The Morgan fingerprint density at radius 2 is 2.20 bits per heavy atom. The summed E-state index contributed by atoms with van der Waals surface area (Å²) in [6.45, 7) is 4.53. The number of hydrogen-bond acceptors (Lipinski definition) is 3. The van der Waals surface area contributed by atoms with Crippen LogP contribution < -0.4 is 0 Å². The Kier molecular flexibility index (Phi) is 2.01. The van der Waals surface area contributed by atoms with Crippen LogP contribution in [0.3, 0.4) is 0 Å². The number of rotatable bonds is 2. The third-order valence-corrected chi connectivity index (χ3v) is 1.35. The number of nitrogens with zero attached hydrogens (tertiary/aromatic N) is 3. The second-order valence-electron chi connectivity index (χ2n) is 2.08. The summed E-state index contributed by atoms with van der Waals surface area (Å²) in [6, 6.07) is 0. The Morgan fingerprint density at radius 1 is 1.50 bits per heavy atom. The molecule has 0 saturated heterocycles. The maximum absolute atomic E-state index is 8.71. The average Bonchev–Trinajstić information content (AvgIpc) is 2.30. The van der Waals surface area contributed by atoms with E-state index in [1.807, 2.05) is 13.8 Å². The first kappa shape index (κ1) is 7.21. The summed E-state index contributed by atoms with van der Waals surface area (Å²) >= 11 is 0. The van der Waals surface area contributed by atoms with E-state index in [-0.39, 0.29) is 6.61 Å². The predicted octanol–water partition coefficient (Wildman–Crippen LogP) is 0.0987. The van der Waals surface area contributed by atoms with Crippen molar-refractivity contribution in [2.45, 2.75) is 27.0 Å². The minimum Gasteiger partial charge on any atom is -0.390 e. The molecule has 1 N–H and O–H groups in total. The van der Waals surface area contributed by atoms with Crippen molar-refractivity contribution in [2.75, 3.05) is 0 Å². The van der Waals surface area contributed by atoms with Crippen LogP contribution >= 0.6 is 0 Å². The summed E-state index contributed by atoms with van der Waals surface area (Å²) in [4.78, 5) is 1.57. The molecule has 4 heteroatoms. The average molecular weight is 141 g/mol. The van der Waals surface area contributed by atoms with Crippen LogP contribution in [-0.2, 0) is 13.2 Å². The highest BCUT2D eigenvalue weighted by Gasteiger charge is 2.02. The molecule has 1 aromatic rings. The Bertz CT molecular complexity index is 219. The SMILES string of the molecule is CCn1nc(C)c(CO)n1. The molecule has 0 atom stereocenters. The third-order valence-electron chi connectivity index (χ3n) is 1.35. The van der Waals surface area contributed by atoms with Crippen molar-refractivity contribution in [3.05, 3.63) is 11.4 Å². The van der Waals surface area contributed by atoms with Gasteiger partial charge in [0.1, 0.15) is 5.69 Å². The normalized spacial score (nSPS) is 10.3. The van der Waals surface area contributed by atoms with Gasteiger partial charge in [0.05, 0.1) is 18.8 Å². The number of aliphatic hydroxyl groups is 1. The highest BCUT2D eigenvalue weighted by atomic mass is 16.3. The van der Waals surface area contributed by atoms with E-state index in [1.165, 1.54) is 0 Å².